The van der Waals surface area contributed by atoms with Crippen LogP contribution in [0.5, 0.6) is 0 Å². The summed E-state index contributed by atoms with van der Waals surface area (Å²) in [5.74, 6) is 0. The molecule has 1 aliphatic carbocycles. The van der Waals surface area contributed by atoms with Crippen LogP contribution in [0.1, 0.15) is 12.0 Å². The van der Waals surface area contributed by atoms with Gasteiger partial charge >= 0.3 is 0 Å². The van der Waals surface area contributed by atoms with Crippen molar-refractivity contribution in [3.8, 4) is 0 Å². The summed E-state index contributed by atoms with van der Waals surface area (Å²) >= 11 is 0. The lowest BCUT2D eigenvalue weighted by Gasteiger charge is -2.22. The highest BCUT2D eigenvalue weighted by molar-refractivity contribution is 5.40. The van der Waals surface area contributed by atoms with E-state index in [4.69, 9.17) is 5.73 Å². The van der Waals surface area contributed by atoms with Gasteiger partial charge in [0.2, 0.25) is 0 Å². The van der Waals surface area contributed by atoms with Gasteiger partial charge in [-0.1, -0.05) is 42.5 Å². The predicted octanol–water partition coefficient (Wildman–Crippen LogP) is 1.65. The number of benzene rings is 1. The molecule has 1 fully saturated rings. The molecular formula is C17H22N4. The number of fused-ring (bicyclic) bond motifs is 1. The molecular weight excluding hydrogens is 260 g/mol. The number of hydrogen-bond acceptors (Lipinski definition) is 4. The van der Waals surface area contributed by atoms with E-state index >= 15 is 0 Å². The van der Waals surface area contributed by atoms with Gasteiger partial charge in [-0.05, 0) is 24.5 Å². The molecule has 0 bridgehead atoms. The standard InChI is InChI=1S/C17H22N4/c1-21-16-9-5-8-14(18)12-15(16)20-17(21)19-11-10-13-6-3-2-4-7-13/h2-4,6-9,12,17,19-20H,5,10-11,18H2,1H3. The molecule has 0 radical (unpaired) electrons. The highest BCUT2D eigenvalue weighted by Crippen LogP contribution is 2.24. The lowest BCUT2D eigenvalue weighted by molar-refractivity contribution is 0.275. The Morgan fingerprint density at radius 1 is 1.29 bits per heavy atom. The summed E-state index contributed by atoms with van der Waals surface area (Å²) in [5.41, 5.74) is 10.4. The third-order valence-corrected chi connectivity index (χ3v) is 3.91. The van der Waals surface area contributed by atoms with Gasteiger partial charge in [0.25, 0.3) is 0 Å². The van der Waals surface area contributed by atoms with Crippen LogP contribution in [-0.4, -0.2) is 24.8 Å². The number of rotatable bonds is 4. The van der Waals surface area contributed by atoms with Crippen molar-refractivity contribution in [2.75, 3.05) is 13.6 Å². The number of nitrogens with one attached hydrogen (secondary N) is 2. The lowest BCUT2D eigenvalue weighted by Crippen LogP contribution is -2.46. The first-order chi connectivity index (χ1) is 10.2. The van der Waals surface area contributed by atoms with Crippen LogP contribution in [0.25, 0.3) is 0 Å². The molecule has 0 amide bonds. The lowest BCUT2D eigenvalue weighted by atomic mass is 10.1. The van der Waals surface area contributed by atoms with Crippen molar-refractivity contribution in [3.05, 3.63) is 71.2 Å². The largest absolute Gasteiger partial charge is 0.399 e. The first kappa shape index (κ1) is 13.8. The van der Waals surface area contributed by atoms with Crippen molar-refractivity contribution in [2.24, 2.45) is 5.73 Å². The molecule has 0 spiro atoms. The quantitative estimate of drug-likeness (QED) is 0.786. The van der Waals surface area contributed by atoms with E-state index < -0.39 is 0 Å². The van der Waals surface area contributed by atoms with Gasteiger partial charge in [0, 0.05) is 19.3 Å². The Hall–Kier alpha value is -2.20. The van der Waals surface area contributed by atoms with E-state index in [1.807, 2.05) is 18.2 Å². The van der Waals surface area contributed by atoms with Gasteiger partial charge in [-0.25, -0.2) is 0 Å². The van der Waals surface area contributed by atoms with E-state index in [0.29, 0.717) is 0 Å². The second-order valence-corrected chi connectivity index (χ2v) is 5.43. The first-order valence-electron chi connectivity index (χ1n) is 7.38. The number of nitrogens with two attached hydrogens (primary N) is 1. The van der Waals surface area contributed by atoms with Crippen LogP contribution in [0, 0.1) is 0 Å². The molecule has 1 unspecified atom stereocenters. The minimum atomic E-state index is 0.122. The van der Waals surface area contributed by atoms with Crippen LogP contribution in [-0.2, 0) is 6.42 Å². The second-order valence-electron chi connectivity index (χ2n) is 5.43. The fraction of sp³-hybridized carbons (Fsp3) is 0.294. The van der Waals surface area contributed by atoms with E-state index in [9.17, 15) is 0 Å². The van der Waals surface area contributed by atoms with Crippen molar-refractivity contribution in [1.29, 1.82) is 0 Å². The molecule has 1 aliphatic heterocycles. The summed E-state index contributed by atoms with van der Waals surface area (Å²) < 4.78 is 0. The van der Waals surface area contributed by atoms with Crippen molar-refractivity contribution >= 4 is 0 Å². The predicted molar refractivity (Wildman–Crippen MR) is 85.9 cm³/mol. The van der Waals surface area contributed by atoms with Gasteiger partial charge in [-0.2, -0.15) is 0 Å². The van der Waals surface area contributed by atoms with Gasteiger partial charge < -0.3 is 16.0 Å². The maximum atomic E-state index is 5.93. The van der Waals surface area contributed by atoms with Gasteiger partial charge in [0.15, 0.2) is 6.29 Å². The van der Waals surface area contributed by atoms with Crippen molar-refractivity contribution < 1.29 is 0 Å². The molecule has 4 N–H and O–H groups in total. The van der Waals surface area contributed by atoms with Crippen LogP contribution >= 0.6 is 0 Å². The third kappa shape index (κ3) is 3.11. The minimum absolute atomic E-state index is 0.122. The molecule has 21 heavy (non-hydrogen) atoms. The second kappa shape index (κ2) is 6.06. The zero-order chi connectivity index (χ0) is 14.7. The molecule has 4 nitrogen and oxygen atoms in total. The highest BCUT2D eigenvalue weighted by Gasteiger charge is 2.28. The zero-order valence-corrected chi connectivity index (χ0v) is 12.3. The van der Waals surface area contributed by atoms with E-state index in [0.717, 1.165) is 30.8 Å². The molecule has 0 aromatic heterocycles. The van der Waals surface area contributed by atoms with Crippen LogP contribution in [0.2, 0.25) is 0 Å². The fourth-order valence-electron chi connectivity index (χ4n) is 2.73. The van der Waals surface area contributed by atoms with Gasteiger partial charge in [-0.3, -0.25) is 5.32 Å². The average Bonchev–Trinajstić information content (AvgIpc) is 2.67. The molecule has 1 atom stereocenters. The molecule has 4 heteroatoms. The fourth-order valence-corrected chi connectivity index (χ4v) is 2.73. The molecule has 1 aromatic carbocycles. The Balaban J connectivity index is 1.59. The topological polar surface area (TPSA) is 53.3 Å². The molecule has 1 heterocycles. The highest BCUT2D eigenvalue weighted by atomic mass is 15.4. The Kier molecular flexibility index (Phi) is 3.97. The number of nitrogens with zero attached hydrogens (tertiary/aromatic N) is 1. The van der Waals surface area contributed by atoms with Crippen LogP contribution in [0.3, 0.4) is 0 Å². The molecule has 2 aliphatic rings. The van der Waals surface area contributed by atoms with E-state index in [2.05, 4.69) is 52.9 Å². The number of allylic oxidation sites excluding steroid dienone is 3. The summed E-state index contributed by atoms with van der Waals surface area (Å²) in [4.78, 5) is 2.23. The van der Waals surface area contributed by atoms with Gasteiger partial charge in [0.05, 0.1) is 11.4 Å². The van der Waals surface area contributed by atoms with Gasteiger partial charge in [-0.15, -0.1) is 0 Å². The summed E-state index contributed by atoms with van der Waals surface area (Å²) in [6, 6.07) is 10.5. The smallest absolute Gasteiger partial charge is 0.155 e. The van der Waals surface area contributed by atoms with Gasteiger partial charge in [0.1, 0.15) is 0 Å². The SMILES string of the molecule is CN1C2=CCC=C(N)C=C2NC1NCCc1ccccc1. The number of likely N-dealkylation sites (N-methyl/N-ethyl adjacent to an activating group) is 1. The maximum absolute atomic E-state index is 5.93. The summed E-state index contributed by atoms with van der Waals surface area (Å²) in [6.45, 7) is 0.928. The Bertz CT molecular complexity index is 586. The molecule has 3 rings (SSSR count). The monoisotopic (exact) mass is 282 g/mol. The van der Waals surface area contributed by atoms with E-state index in [1.165, 1.54) is 11.3 Å². The Labute approximate surface area is 126 Å². The summed E-state index contributed by atoms with van der Waals surface area (Å²) in [7, 11) is 2.10. The minimum Gasteiger partial charge on any atom is -0.399 e. The molecule has 1 aromatic rings. The average molecular weight is 282 g/mol. The van der Waals surface area contributed by atoms with Crippen LogP contribution in [0.15, 0.2) is 65.7 Å². The van der Waals surface area contributed by atoms with Crippen LogP contribution < -0.4 is 16.4 Å². The Morgan fingerprint density at radius 2 is 2.10 bits per heavy atom. The van der Waals surface area contributed by atoms with E-state index in [-0.39, 0.29) is 6.29 Å². The van der Waals surface area contributed by atoms with Crippen LogP contribution in [0.4, 0.5) is 0 Å². The summed E-state index contributed by atoms with van der Waals surface area (Å²) in [6.07, 6.45) is 8.27. The van der Waals surface area contributed by atoms with Crippen molar-refractivity contribution in [1.82, 2.24) is 15.5 Å². The molecule has 110 valence electrons. The van der Waals surface area contributed by atoms with Crippen molar-refractivity contribution in [2.45, 2.75) is 19.1 Å². The zero-order valence-electron chi connectivity index (χ0n) is 12.3. The molecule has 1 saturated heterocycles. The van der Waals surface area contributed by atoms with E-state index in [1.54, 1.807) is 0 Å². The van der Waals surface area contributed by atoms with Crippen molar-refractivity contribution in [3.63, 3.8) is 0 Å². The summed E-state index contributed by atoms with van der Waals surface area (Å²) in [5, 5.41) is 7.03. The first-order valence-corrected chi connectivity index (χ1v) is 7.38. The number of hydrogen-bond donors (Lipinski definition) is 3. The molecule has 0 saturated carbocycles. The normalized spacial score (nSPS) is 20.9. The Morgan fingerprint density at radius 3 is 2.90 bits per heavy atom. The maximum Gasteiger partial charge on any atom is 0.155 e. The third-order valence-electron chi connectivity index (χ3n) is 3.91.